The van der Waals surface area contributed by atoms with Gasteiger partial charge in [0.15, 0.2) is 5.76 Å². The Morgan fingerprint density at radius 3 is 2.57 bits per heavy atom. The van der Waals surface area contributed by atoms with Gasteiger partial charge in [-0.3, -0.25) is 4.79 Å². The Morgan fingerprint density at radius 1 is 1.11 bits per heavy atom. The van der Waals surface area contributed by atoms with Crippen molar-refractivity contribution in [3.05, 3.63) is 66.2 Å². The second kappa shape index (κ2) is 7.80. The number of hydrogen-bond acceptors (Lipinski definition) is 7. The maximum Gasteiger partial charge on any atom is 0.289 e. The van der Waals surface area contributed by atoms with Gasteiger partial charge < -0.3 is 19.5 Å². The standard InChI is InChI=1S/C20H18N6O2/c21-14-15-3-5-16(6-4-15)23-18-7-8-22-20(24-18)26-11-9-25(10-12-26)19(27)17-2-1-13-28-17/h1-8,13H,9-12H2,(H,22,23,24). The summed E-state index contributed by atoms with van der Waals surface area (Å²) in [5.74, 6) is 1.55. The van der Waals surface area contributed by atoms with Crippen LogP contribution in [0.2, 0.25) is 0 Å². The number of benzene rings is 1. The highest BCUT2D eigenvalue weighted by Crippen LogP contribution is 2.19. The molecule has 4 rings (SSSR count). The molecule has 0 atom stereocenters. The number of nitrogens with one attached hydrogen (secondary N) is 1. The van der Waals surface area contributed by atoms with Crippen molar-refractivity contribution in [2.45, 2.75) is 0 Å². The number of amides is 1. The van der Waals surface area contributed by atoms with Crippen LogP contribution in [0.25, 0.3) is 0 Å². The van der Waals surface area contributed by atoms with E-state index >= 15 is 0 Å². The average Bonchev–Trinajstić information content (AvgIpc) is 3.29. The van der Waals surface area contributed by atoms with Gasteiger partial charge >= 0.3 is 0 Å². The zero-order valence-corrected chi connectivity index (χ0v) is 15.1. The molecule has 0 aliphatic carbocycles. The Bertz CT molecular complexity index is 986. The van der Waals surface area contributed by atoms with Crippen LogP contribution in [-0.2, 0) is 0 Å². The number of hydrogen-bond donors (Lipinski definition) is 1. The quantitative estimate of drug-likeness (QED) is 0.749. The second-order valence-corrected chi connectivity index (χ2v) is 6.31. The van der Waals surface area contributed by atoms with Gasteiger partial charge in [0.25, 0.3) is 5.91 Å². The maximum atomic E-state index is 12.4. The number of nitriles is 1. The van der Waals surface area contributed by atoms with Gasteiger partial charge in [0, 0.05) is 38.1 Å². The topological polar surface area (TPSA) is 98.3 Å². The van der Waals surface area contributed by atoms with Crippen molar-refractivity contribution >= 4 is 23.4 Å². The zero-order valence-electron chi connectivity index (χ0n) is 15.1. The highest BCUT2D eigenvalue weighted by atomic mass is 16.3. The van der Waals surface area contributed by atoms with E-state index in [1.165, 1.54) is 6.26 Å². The molecule has 2 aromatic heterocycles. The number of rotatable bonds is 4. The number of aromatic nitrogens is 2. The highest BCUT2D eigenvalue weighted by Gasteiger charge is 2.24. The van der Waals surface area contributed by atoms with E-state index in [0.717, 1.165) is 5.69 Å². The number of anilines is 3. The lowest BCUT2D eigenvalue weighted by atomic mass is 10.2. The Kier molecular flexibility index (Phi) is 4.89. The summed E-state index contributed by atoms with van der Waals surface area (Å²) in [7, 11) is 0. The first kappa shape index (κ1) is 17.5. The lowest BCUT2D eigenvalue weighted by Crippen LogP contribution is -2.49. The van der Waals surface area contributed by atoms with Crippen LogP contribution in [-0.4, -0.2) is 47.0 Å². The Labute approximate surface area is 162 Å². The number of carbonyl (C=O) groups excluding carboxylic acids is 1. The number of furan rings is 1. The van der Waals surface area contributed by atoms with Crippen molar-refractivity contribution in [3.63, 3.8) is 0 Å². The number of nitrogens with zero attached hydrogens (tertiary/aromatic N) is 5. The maximum absolute atomic E-state index is 12.4. The smallest absolute Gasteiger partial charge is 0.289 e. The molecule has 0 radical (unpaired) electrons. The molecule has 1 aliphatic rings. The van der Waals surface area contributed by atoms with Crippen molar-refractivity contribution < 1.29 is 9.21 Å². The van der Waals surface area contributed by atoms with Gasteiger partial charge in [0.1, 0.15) is 5.82 Å². The molecule has 0 saturated carbocycles. The predicted octanol–water partition coefficient (Wildman–Crippen LogP) is 2.65. The average molecular weight is 374 g/mol. The molecule has 1 fully saturated rings. The van der Waals surface area contributed by atoms with E-state index in [2.05, 4.69) is 26.3 Å². The minimum absolute atomic E-state index is 0.0956. The molecular formula is C20H18N6O2. The van der Waals surface area contributed by atoms with Crippen LogP contribution in [0.3, 0.4) is 0 Å². The van der Waals surface area contributed by atoms with Gasteiger partial charge in [0.05, 0.1) is 17.9 Å². The molecule has 1 aliphatic heterocycles. The van der Waals surface area contributed by atoms with Crippen LogP contribution in [0, 0.1) is 11.3 Å². The molecule has 1 saturated heterocycles. The van der Waals surface area contributed by atoms with E-state index in [0.29, 0.717) is 49.3 Å². The second-order valence-electron chi connectivity index (χ2n) is 6.31. The summed E-state index contributed by atoms with van der Waals surface area (Å²) in [5.41, 5.74) is 1.45. The molecule has 1 amide bonds. The summed E-state index contributed by atoms with van der Waals surface area (Å²) in [6, 6.07) is 14.4. The Hall–Kier alpha value is -3.86. The van der Waals surface area contributed by atoms with E-state index in [1.807, 2.05) is 12.1 Å². The third-order valence-corrected chi connectivity index (χ3v) is 4.51. The fourth-order valence-electron chi connectivity index (χ4n) is 3.01. The first-order valence-corrected chi connectivity index (χ1v) is 8.91. The molecule has 1 N–H and O–H groups in total. The van der Waals surface area contributed by atoms with E-state index in [9.17, 15) is 4.79 Å². The fraction of sp³-hybridized carbons (Fsp3) is 0.200. The molecule has 28 heavy (non-hydrogen) atoms. The van der Waals surface area contributed by atoms with Crippen LogP contribution >= 0.6 is 0 Å². The third kappa shape index (κ3) is 3.78. The van der Waals surface area contributed by atoms with Crippen LogP contribution in [0.1, 0.15) is 16.1 Å². The van der Waals surface area contributed by atoms with Crippen molar-refractivity contribution in [1.29, 1.82) is 5.26 Å². The van der Waals surface area contributed by atoms with Crippen molar-refractivity contribution in [3.8, 4) is 6.07 Å². The molecule has 1 aromatic carbocycles. The van der Waals surface area contributed by atoms with Gasteiger partial charge in [-0.15, -0.1) is 0 Å². The number of piperazine rings is 1. The summed E-state index contributed by atoms with van der Waals surface area (Å²) < 4.78 is 5.19. The van der Waals surface area contributed by atoms with Crippen molar-refractivity contribution in [2.24, 2.45) is 0 Å². The summed E-state index contributed by atoms with van der Waals surface area (Å²) in [6.45, 7) is 2.45. The van der Waals surface area contributed by atoms with Crippen LogP contribution in [0.5, 0.6) is 0 Å². The monoisotopic (exact) mass is 374 g/mol. The van der Waals surface area contributed by atoms with Crippen molar-refractivity contribution in [2.75, 3.05) is 36.4 Å². The summed E-state index contributed by atoms with van der Waals surface area (Å²) >= 11 is 0. The summed E-state index contributed by atoms with van der Waals surface area (Å²) in [6.07, 6.45) is 3.21. The molecular weight excluding hydrogens is 356 g/mol. The lowest BCUT2D eigenvalue weighted by Gasteiger charge is -2.34. The van der Waals surface area contributed by atoms with Crippen molar-refractivity contribution in [1.82, 2.24) is 14.9 Å². The molecule has 8 nitrogen and oxygen atoms in total. The van der Waals surface area contributed by atoms with Gasteiger partial charge in [-0.2, -0.15) is 10.2 Å². The highest BCUT2D eigenvalue weighted by molar-refractivity contribution is 5.91. The predicted molar refractivity (Wildman–Crippen MR) is 103 cm³/mol. The molecule has 0 unspecified atom stereocenters. The van der Waals surface area contributed by atoms with Crippen LogP contribution < -0.4 is 10.2 Å². The third-order valence-electron chi connectivity index (χ3n) is 4.51. The molecule has 0 bridgehead atoms. The van der Waals surface area contributed by atoms with E-state index in [1.54, 1.807) is 41.4 Å². The molecule has 140 valence electrons. The zero-order chi connectivity index (χ0) is 19.3. The normalized spacial score (nSPS) is 13.8. The largest absolute Gasteiger partial charge is 0.459 e. The Morgan fingerprint density at radius 2 is 1.89 bits per heavy atom. The van der Waals surface area contributed by atoms with Crippen LogP contribution in [0.4, 0.5) is 17.5 Å². The van der Waals surface area contributed by atoms with Crippen LogP contribution in [0.15, 0.2) is 59.3 Å². The first-order chi connectivity index (χ1) is 13.7. The fourth-order valence-corrected chi connectivity index (χ4v) is 3.01. The van der Waals surface area contributed by atoms with E-state index in [-0.39, 0.29) is 5.91 Å². The minimum Gasteiger partial charge on any atom is -0.459 e. The molecule has 8 heteroatoms. The SMILES string of the molecule is N#Cc1ccc(Nc2ccnc(N3CCN(C(=O)c4ccco4)CC3)n2)cc1. The summed E-state index contributed by atoms with van der Waals surface area (Å²) in [5, 5.41) is 12.1. The van der Waals surface area contributed by atoms with Gasteiger partial charge in [0.2, 0.25) is 5.95 Å². The Balaban J connectivity index is 1.39. The first-order valence-electron chi connectivity index (χ1n) is 8.91. The van der Waals surface area contributed by atoms with E-state index in [4.69, 9.17) is 9.68 Å². The molecule has 3 heterocycles. The van der Waals surface area contributed by atoms with Gasteiger partial charge in [-0.25, -0.2) is 4.98 Å². The van der Waals surface area contributed by atoms with Gasteiger partial charge in [-0.05, 0) is 42.5 Å². The lowest BCUT2D eigenvalue weighted by molar-refractivity contribution is 0.0714. The molecule has 0 spiro atoms. The number of carbonyl (C=O) groups is 1. The molecule has 3 aromatic rings. The minimum atomic E-state index is -0.0956. The van der Waals surface area contributed by atoms with Gasteiger partial charge in [-0.1, -0.05) is 0 Å². The summed E-state index contributed by atoms with van der Waals surface area (Å²) in [4.78, 5) is 25.1. The van der Waals surface area contributed by atoms with E-state index < -0.39 is 0 Å².